The van der Waals surface area contributed by atoms with E-state index in [1.807, 2.05) is 0 Å². The molecule has 1 rings (SSSR count). The highest BCUT2D eigenvalue weighted by Crippen LogP contribution is 2.26. The molecule has 0 atom stereocenters. The fraction of sp³-hybridized carbons (Fsp3) is 0.250. The van der Waals surface area contributed by atoms with E-state index >= 15 is 0 Å². The molecule has 0 aromatic carbocycles. The Morgan fingerprint density at radius 2 is 2.21 bits per heavy atom. The standard InChI is InChI=1S/C8H6F3NO2/c1-14-6-2-4(9)7(8(10)11)5(3-13)12-6/h2-3,8H,1H3. The highest BCUT2D eigenvalue weighted by atomic mass is 19.3. The fourth-order valence-electron chi connectivity index (χ4n) is 0.930. The number of aldehydes is 1. The van der Waals surface area contributed by atoms with Gasteiger partial charge in [0.15, 0.2) is 6.29 Å². The molecule has 0 aliphatic carbocycles. The maximum Gasteiger partial charge on any atom is 0.268 e. The summed E-state index contributed by atoms with van der Waals surface area (Å²) in [7, 11) is 1.19. The number of pyridine rings is 1. The van der Waals surface area contributed by atoms with Crippen molar-refractivity contribution < 1.29 is 22.7 Å². The van der Waals surface area contributed by atoms with Crippen LogP contribution in [-0.2, 0) is 0 Å². The van der Waals surface area contributed by atoms with Crippen LogP contribution < -0.4 is 4.74 Å². The molecule has 0 unspecified atom stereocenters. The first-order valence-electron chi connectivity index (χ1n) is 3.58. The van der Waals surface area contributed by atoms with Crippen molar-refractivity contribution in [2.75, 3.05) is 7.11 Å². The van der Waals surface area contributed by atoms with Crippen LogP contribution in [0.2, 0.25) is 0 Å². The molecule has 1 aromatic rings. The summed E-state index contributed by atoms with van der Waals surface area (Å²) in [6.45, 7) is 0. The average Bonchev–Trinajstić information content (AvgIpc) is 2.15. The molecule has 76 valence electrons. The zero-order valence-electron chi connectivity index (χ0n) is 7.13. The number of carbonyl (C=O) groups is 1. The van der Waals surface area contributed by atoms with Gasteiger partial charge in [0.1, 0.15) is 11.5 Å². The van der Waals surface area contributed by atoms with E-state index in [1.165, 1.54) is 7.11 Å². The fourth-order valence-corrected chi connectivity index (χ4v) is 0.930. The van der Waals surface area contributed by atoms with Crippen molar-refractivity contribution in [3.63, 3.8) is 0 Å². The average molecular weight is 205 g/mol. The van der Waals surface area contributed by atoms with Crippen LogP contribution >= 0.6 is 0 Å². The van der Waals surface area contributed by atoms with E-state index in [-0.39, 0.29) is 12.2 Å². The van der Waals surface area contributed by atoms with Crippen molar-refractivity contribution in [1.29, 1.82) is 0 Å². The van der Waals surface area contributed by atoms with Crippen LogP contribution in [0.25, 0.3) is 0 Å². The third-order valence-electron chi connectivity index (χ3n) is 1.55. The van der Waals surface area contributed by atoms with Crippen LogP contribution in [-0.4, -0.2) is 18.4 Å². The van der Waals surface area contributed by atoms with Gasteiger partial charge in [0.05, 0.1) is 12.7 Å². The third-order valence-corrected chi connectivity index (χ3v) is 1.55. The van der Waals surface area contributed by atoms with Gasteiger partial charge in [-0.1, -0.05) is 0 Å². The molecular formula is C8H6F3NO2. The van der Waals surface area contributed by atoms with Gasteiger partial charge in [0, 0.05) is 6.07 Å². The zero-order chi connectivity index (χ0) is 10.7. The maximum atomic E-state index is 13.0. The smallest absolute Gasteiger partial charge is 0.268 e. The van der Waals surface area contributed by atoms with Gasteiger partial charge in [-0.15, -0.1) is 0 Å². The van der Waals surface area contributed by atoms with Crippen molar-refractivity contribution in [2.45, 2.75) is 6.43 Å². The Morgan fingerprint density at radius 1 is 1.57 bits per heavy atom. The minimum Gasteiger partial charge on any atom is -0.481 e. The predicted molar refractivity (Wildman–Crippen MR) is 41.1 cm³/mol. The van der Waals surface area contributed by atoms with Crippen LogP contribution in [0.15, 0.2) is 6.07 Å². The first-order valence-corrected chi connectivity index (χ1v) is 3.58. The molecule has 0 bridgehead atoms. The molecule has 1 heterocycles. The molecule has 3 nitrogen and oxygen atoms in total. The van der Waals surface area contributed by atoms with Crippen molar-refractivity contribution >= 4 is 6.29 Å². The molecule has 0 fully saturated rings. The Bertz CT molecular complexity index is 355. The lowest BCUT2D eigenvalue weighted by Gasteiger charge is -2.06. The van der Waals surface area contributed by atoms with Crippen LogP contribution in [0.3, 0.4) is 0 Å². The minimum absolute atomic E-state index is 0.0626. The summed E-state index contributed by atoms with van der Waals surface area (Å²) < 4.78 is 42.0. The summed E-state index contributed by atoms with van der Waals surface area (Å²) in [5.41, 5.74) is -1.64. The van der Waals surface area contributed by atoms with Gasteiger partial charge < -0.3 is 4.74 Å². The Kier molecular flexibility index (Phi) is 3.06. The van der Waals surface area contributed by atoms with E-state index in [0.29, 0.717) is 6.07 Å². The van der Waals surface area contributed by atoms with Crippen LogP contribution in [0.1, 0.15) is 22.5 Å². The van der Waals surface area contributed by atoms with Gasteiger partial charge >= 0.3 is 0 Å². The lowest BCUT2D eigenvalue weighted by Crippen LogP contribution is -2.03. The number of halogens is 3. The van der Waals surface area contributed by atoms with E-state index < -0.39 is 23.5 Å². The van der Waals surface area contributed by atoms with E-state index in [2.05, 4.69) is 9.72 Å². The van der Waals surface area contributed by atoms with Gasteiger partial charge in [-0.25, -0.2) is 18.2 Å². The molecule has 14 heavy (non-hydrogen) atoms. The summed E-state index contributed by atoms with van der Waals surface area (Å²) >= 11 is 0. The molecule has 6 heteroatoms. The summed E-state index contributed by atoms with van der Waals surface area (Å²) in [5.74, 6) is -1.41. The molecule has 0 saturated heterocycles. The molecule has 1 aromatic heterocycles. The molecule has 0 spiro atoms. The largest absolute Gasteiger partial charge is 0.481 e. The number of hydrogen-bond acceptors (Lipinski definition) is 3. The van der Waals surface area contributed by atoms with Gasteiger partial charge in [0.25, 0.3) is 6.43 Å². The van der Waals surface area contributed by atoms with Gasteiger partial charge in [0.2, 0.25) is 5.88 Å². The number of nitrogens with zero attached hydrogens (tertiary/aromatic N) is 1. The second-order valence-corrected chi connectivity index (χ2v) is 2.36. The topological polar surface area (TPSA) is 39.2 Å². The molecule has 0 radical (unpaired) electrons. The molecular weight excluding hydrogens is 199 g/mol. The molecule has 0 N–H and O–H groups in total. The molecule has 0 aliphatic rings. The number of carbonyl (C=O) groups excluding carboxylic acids is 1. The second-order valence-electron chi connectivity index (χ2n) is 2.36. The van der Waals surface area contributed by atoms with Crippen molar-refractivity contribution in [3.05, 3.63) is 23.1 Å². The summed E-state index contributed by atoms with van der Waals surface area (Å²) in [5, 5.41) is 0. The molecule has 0 saturated carbocycles. The number of aromatic nitrogens is 1. The van der Waals surface area contributed by atoms with E-state index in [0.717, 1.165) is 0 Å². The van der Waals surface area contributed by atoms with Crippen LogP contribution in [0.4, 0.5) is 13.2 Å². The van der Waals surface area contributed by atoms with Gasteiger partial charge in [-0.05, 0) is 0 Å². The van der Waals surface area contributed by atoms with Gasteiger partial charge in [-0.3, -0.25) is 4.79 Å². The normalized spacial score (nSPS) is 10.4. The Hall–Kier alpha value is -1.59. The highest BCUT2D eigenvalue weighted by molar-refractivity contribution is 5.74. The SMILES string of the molecule is COc1cc(F)c(C(F)F)c(C=O)n1. The molecule has 0 aliphatic heterocycles. The number of hydrogen-bond donors (Lipinski definition) is 0. The second kappa shape index (κ2) is 4.08. The Balaban J connectivity index is 3.34. The third kappa shape index (κ3) is 1.84. The van der Waals surface area contributed by atoms with Crippen LogP contribution in [0.5, 0.6) is 5.88 Å². The Morgan fingerprint density at radius 3 is 2.64 bits per heavy atom. The summed E-state index contributed by atoms with van der Waals surface area (Å²) in [6, 6.07) is 0.703. The highest BCUT2D eigenvalue weighted by Gasteiger charge is 2.20. The first kappa shape index (κ1) is 10.5. The summed E-state index contributed by atoms with van der Waals surface area (Å²) in [6.07, 6.45) is -3.01. The monoisotopic (exact) mass is 205 g/mol. The van der Waals surface area contributed by atoms with Crippen molar-refractivity contribution in [2.24, 2.45) is 0 Å². The number of ether oxygens (including phenoxy) is 1. The minimum atomic E-state index is -3.08. The molecule has 0 amide bonds. The van der Waals surface area contributed by atoms with E-state index in [4.69, 9.17) is 0 Å². The predicted octanol–water partition coefficient (Wildman–Crippen LogP) is 1.98. The first-order chi connectivity index (χ1) is 6.60. The Labute approximate surface area is 77.5 Å². The summed E-state index contributed by atoms with van der Waals surface area (Å²) in [4.78, 5) is 13.7. The van der Waals surface area contributed by atoms with E-state index in [9.17, 15) is 18.0 Å². The van der Waals surface area contributed by atoms with E-state index in [1.54, 1.807) is 0 Å². The van der Waals surface area contributed by atoms with Crippen molar-refractivity contribution in [3.8, 4) is 5.88 Å². The number of alkyl halides is 2. The van der Waals surface area contributed by atoms with Crippen LogP contribution in [0, 0.1) is 5.82 Å². The number of rotatable bonds is 3. The lowest BCUT2D eigenvalue weighted by atomic mass is 10.2. The van der Waals surface area contributed by atoms with Crippen molar-refractivity contribution in [1.82, 2.24) is 4.98 Å². The zero-order valence-corrected chi connectivity index (χ0v) is 7.13. The lowest BCUT2D eigenvalue weighted by molar-refractivity contribution is 0.109. The number of methoxy groups -OCH3 is 1. The van der Waals surface area contributed by atoms with Gasteiger partial charge in [-0.2, -0.15) is 0 Å². The quantitative estimate of drug-likeness (QED) is 0.708. The maximum absolute atomic E-state index is 13.0.